The van der Waals surface area contributed by atoms with Crippen molar-refractivity contribution in [2.24, 2.45) is 17.8 Å². The van der Waals surface area contributed by atoms with Gasteiger partial charge >= 0.3 is 0 Å². The molecule has 4 bridgehead atoms. The van der Waals surface area contributed by atoms with Crippen molar-refractivity contribution in [3.63, 3.8) is 0 Å². The van der Waals surface area contributed by atoms with E-state index in [1.807, 2.05) is 13.0 Å². The van der Waals surface area contributed by atoms with Crippen LogP contribution in [-0.4, -0.2) is 22.7 Å². The Morgan fingerprint density at radius 1 is 1.06 bits per heavy atom. The quantitative estimate of drug-likeness (QED) is 0.411. The number of benzene rings is 2. The number of hydrogen-bond acceptors (Lipinski definition) is 4. The molecular weight excluding hydrogens is 461 g/mol. The minimum atomic E-state index is -0.419. The molecule has 4 aliphatic carbocycles. The van der Waals surface area contributed by atoms with Crippen LogP contribution in [-0.2, 0) is 16.8 Å². The maximum atomic E-state index is 14.1. The molecule has 182 valence electrons. The summed E-state index contributed by atoms with van der Waals surface area (Å²) in [4.78, 5) is 27.3. The molecule has 0 radical (unpaired) electrons. The minimum Gasteiger partial charge on any atom is -0.493 e. The Labute approximate surface area is 209 Å². The van der Waals surface area contributed by atoms with E-state index in [1.165, 1.54) is 50.2 Å². The first-order valence-corrected chi connectivity index (χ1v) is 13.5. The molecule has 5 aliphatic rings. The third kappa shape index (κ3) is 4.10. The van der Waals surface area contributed by atoms with Crippen LogP contribution in [0, 0.1) is 23.6 Å². The summed E-state index contributed by atoms with van der Waals surface area (Å²) in [5.41, 5.74) is 2.75. The predicted octanol–water partition coefficient (Wildman–Crippen LogP) is 6.93. The molecule has 2 aromatic carbocycles. The highest BCUT2D eigenvalue weighted by Crippen LogP contribution is 2.61. The zero-order valence-corrected chi connectivity index (χ0v) is 20.8. The van der Waals surface area contributed by atoms with Gasteiger partial charge in [0, 0.05) is 11.1 Å². The van der Waals surface area contributed by atoms with Crippen LogP contribution in [0.25, 0.3) is 6.08 Å². The van der Waals surface area contributed by atoms with E-state index in [2.05, 4.69) is 12.1 Å². The van der Waals surface area contributed by atoms with Gasteiger partial charge in [-0.05, 0) is 110 Å². The van der Waals surface area contributed by atoms with Gasteiger partial charge in [0.05, 0.1) is 18.1 Å². The molecule has 1 saturated heterocycles. The smallest absolute Gasteiger partial charge is 0.293 e. The average molecular weight is 492 g/mol. The standard InChI is InChI=1S/C29H30FNO3S/c1-2-34-25-8-7-23(29-14-18-9-19(15-29)11-20(10-18)16-29)12-22(25)13-26-27(32)31(28(33)35-26)17-21-5-3-4-6-24(21)30/h3-8,12-13,18-20H,2,9-11,14-17H2,1H3/b26-13-. The predicted molar refractivity (Wildman–Crippen MR) is 135 cm³/mol. The Bertz CT molecular complexity index is 1190. The summed E-state index contributed by atoms with van der Waals surface area (Å²) in [5.74, 6) is 2.44. The van der Waals surface area contributed by atoms with E-state index in [0.29, 0.717) is 17.1 Å². The second kappa shape index (κ2) is 8.81. The molecule has 0 spiro atoms. The minimum absolute atomic E-state index is 0.0691. The number of thioether (sulfide) groups is 1. The molecule has 1 heterocycles. The lowest BCUT2D eigenvalue weighted by atomic mass is 9.48. The van der Waals surface area contributed by atoms with Crippen molar-refractivity contribution in [1.29, 1.82) is 0 Å². The van der Waals surface area contributed by atoms with E-state index < -0.39 is 5.82 Å². The maximum absolute atomic E-state index is 14.1. The van der Waals surface area contributed by atoms with Gasteiger partial charge < -0.3 is 4.74 Å². The number of carbonyl (C=O) groups excluding carboxylic acids is 2. The second-order valence-electron chi connectivity index (χ2n) is 10.7. The molecule has 0 unspecified atom stereocenters. The van der Waals surface area contributed by atoms with E-state index in [-0.39, 0.29) is 23.1 Å². The van der Waals surface area contributed by atoms with E-state index in [9.17, 15) is 14.0 Å². The van der Waals surface area contributed by atoms with Gasteiger partial charge in [-0.25, -0.2) is 4.39 Å². The molecule has 0 aromatic heterocycles. The van der Waals surface area contributed by atoms with E-state index >= 15 is 0 Å². The molecule has 7 rings (SSSR count). The van der Waals surface area contributed by atoms with Crippen LogP contribution in [0.2, 0.25) is 0 Å². The highest BCUT2D eigenvalue weighted by molar-refractivity contribution is 8.18. The van der Waals surface area contributed by atoms with Gasteiger partial charge in [0.25, 0.3) is 11.1 Å². The fourth-order valence-corrected chi connectivity index (χ4v) is 8.15. The number of rotatable bonds is 6. The van der Waals surface area contributed by atoms with Gasteiger partial charge in [0.1, 0.15) is 11.6 Å². The number of hydrogen-bond donors (Lipinski definition) is 0. The Balaban J connectivity index is 1.32. The highest BCUT2D eigenvalue weighted by Gasteiger charge is 2.51. The Hall–Kier alpha value is -2.60. The SMILES string of the molecule is CCOc1ccc(C23CC4CC(CC(C4)C2)C3)cc1/C=C1\SC(=O)N(Cc2ccccc2F)C1=O. The van der Waals surface area contributed by atoms with Crippen LogP contribution in [0.15, 0.2) is 47.4 Å². The van der Waals surface area contributed by atoms with E-state index in [1.54, 1.807) is 24.3 Å². The zero-order valence-electron chi connectivity index (χ0n) is 20.0. The number of ether oxygens (including phenoxy) is 1. The van der Waals surface area contributed by atoms with Crippen LogP contribution >= 0.6 is 11.8 Å². The van der Waals surface area contributed by atoms with Crippen LogP contribution in [0.4, 0.5) is 9.18 Å². The largest absolute Gasteiger partial charge is 0.493 e. The Morgan fingerprint density at radius 2 is 1.74 bits per heavy atom. The van der Waals surface area contributed by atoms with Crippen LogP contribution in [0.3, 0.4) is 0 Å². The van der Waals surface area contributed by atoms with Gasteiger partial charge in [-0.15, -0.1) is 0 Å². The molecule has 0 N–H and O–H groups in total. The molecule has 2 amide bonds. The molecule has 1 aliphatic heterocycles. The van der Waals surface area contributed by atoms with Crippen LogP contribution in [0.1, 0.15) is 62.1 Å². The average Bonchev–Trinajstić information content (AvgIpc) is 3.08. The Morgan fingerprint density at radius 3 is 2.40 bits per heavy atom. The lowest BCUT2D eigenvalue weighted by molar-refractivity contribution is -0.123. The topological polar surface area (TPSA) is 46.6 Å². The highest BCUT2D eigenvalue weighted by atomic mass is 32.2. The summed E-state index contributed by atoms with van der Waals surface area (Å²) < 4.78 is 20.1. The van der Waals surface area contributed by atoms with Crippen molar-refractivity contribution >= 4 is 29.0 Å². The monoisotopic (exact) mass is 491 g/mol. The van der Waals surface area contributed by atoms with Gasteiger partial charge in [0.2, 0.25) is 0 Å². The number of imide groups is 1. The van der Waals surface area contributed by atoms with Crippen molar-refractivity contribution in [3.8, 4) is 5.75 Å². The van der Waals surface area contributed by atoms with Crippen molar-refractivity contribution in [2.45, 2.75) is 57.4 Å². The fourth-order valence-electron chi connectivity index (χ4n) is 7.32. The lowest BCUT2D eigenvalue weighted by Crippen LogP contribution is -2.48. The summed E-state index contributed by atoms with van der Waals surface area (Å²) in [7, 11) is 0. The van der Waals surface area contributed by atoms with Gasteiger partial charge in [-0.3, -0.25) is 14.5 Å². The van der Waals surface area contributed by atoms with E-state index in [4.69, 9.17) is 4.74 Å². The fraction of sp³-hybridized carbons (Fsp3) is 0.448. The molecular formula is C29H30FNO3S. The number of amides is 2. The van der Waals surface area contributed by atoms with Crippen molar-refractivity contribution in [3.05, 3.63) is 69.9 Å². The third-order valence-corrected chi connectivity index (χ3v) is 9.31. The van der Waals surface area contributed by atoms with Gasteiger partial charge in [-0.1, -0.05) is 24.3 Å². The first kappa shape index (κ1) is 22.8. The number of nitrogens with zero attached hydrogens (tertiary/aromatic N) is 1. The molecule has 35 heavy (non-hydrogen) atoms. The molecule has 6 heteroatoms. The van der Waals surface area contributed by atoms with Crippen LogP contribution < -0.4 is 4.74 Å². The van der Waals surface area contributed by atoms with Gasteiger partial charge in [-0.2, -0.15) is 0 Å². The van der Waals surface area contributed by atoms with Gasteiger partial charge in [0.15, 0.2) is 0 Å². The Kier molecular flexibility index (Phi) is 5.75. The summed E-state index contributed by atoms with van der Waals surface area (Å²) in [5, 5.41) is -0.375. The maximum Gasteiger partial charge on any atom is 0.293 e. The third-order valence-electron chi connectivity index (χ3n) is 8.41. The first-order chi connectivity index (χ1) is 16.9. The molecule has 2 aromatic rings. The molecule has 4 nitrogen and oxygen atoms in total. The molecule has 0 atom stereocenters. The molecule has 5 fully saturated rings. The normalized spacial score (nSPS) is 30.5. The summed E-state index contributed by atoms with van der Waals surface area (Å²) >= 11 is 0.914. The summed E-state index contributed by atoms with van der Waals surface area (Å²) in [6, 6.07) is 12.7. The number of halogens is 1. The molecule has 4 saturated carbocycles. The summed E-state index contributed by atoms with van der Waals surface area (Å²) in [6.07, 6.45) is 9.72. The second-order valence-corrected chi connectivity index (χ2v) is 11.7. The first-order valence-electron chi connectivity index (χ1n) is 12.7. The number of carbonyl (C=O) groups is 2. The van der Waals surface area contributed by atoms with Crippen LogP contribution in [0.5, 0.6) is 5.75 Å². The van der Waals surface area contributed by atoms with E-state index in [0.717, 1.165) is 45.7 Å². The summed E-state index contributed by atoms with van der Waals surface area (Å²) in [6.45, 7) is 2.39. The van der Waals surface area contributed by atoms with Crippen molar-refractivity contribution < 1.29 is 18.7 Å². The zero-order chi connectivity index (χ0) is 24.2. The lowest BCUT2D eigenvalue weighted by Gasteiger charge is -2.57. The van der Waals surface area contributed by atoms with Crippen molar-refractivity contribution in [2.75, 3.05) is 6.61 Å². The van der Waals surface area contributed by atoms with Crippen molar-refractivity contribution in [1.82, 2.24) is 4.90 Å².